The van der Waals surface area contributed by atoms with Gasteiger partial charge in [-0.2, -0.15) is 0 Å². The van der Waals surface area contributed by atoms with Crippen molar-refractivity contribution >= 4 is 0 Å². The monoisotopic (exact) mass is 357 g/mol. The third-order valence-corrected chi connectivity index (χ3v) is 5.09. The van der Waals surface area contributed by atoms with Crippen LogP contribution in [0.4, 0.5) is 0 Å². The van der Waals surface area contributed by atoms with Gasteiger partial charge in [0.15, 0.2) is 0 Å². The first-order valence-corrected chi connectivity index (χ1v) is 9.31. The van der Waals surface area contributed by atoms with E-state index in [-0.39, 0.29) is 5.60 Å². The normalized spacial score (nSPS) is 25.4. The lowest BCUT2D eigenvalue weighted by molar-refractivity contribution is -0.144. The zero-order chi connectivity index (χ0) is 17.8. The molecular weight excluding hydrogens is 330 g/mol. The molecule has 0 saturated carbocycles. The van der Waals surface area contributed by atoms with E-state index in [0.29, 0.717) is 6.61 Å². The van der Waals surface area contributed by atoms with Crippen molar-refractivity contribution in [2.24, 2.45) is 0 Å². The first-order chi connectivity index (χ1) is 12.7. The molecule has 0 aromatic carbocycles. The van der Waals surface area contributed by atoms with Crippen LogP contribution in [0.15, 0.2) is 41.1 Å². The largest absolute Gasteiger partial charge is 0.465 e. The molecule has 0 radical (unpaired) electrons. The molecule has 4 rings (SSSR count). The number of morpholine rings is 1. The van der Waals surface area contributed by atoms with Crippen molar-refractivity contribution in [3.05, 3.63) is 53.7 Å². The van der Waals surface area contributed by atoms with Crippen molar-refractivity contribution in [2.75, 3.05) is 46.0 Å². The van der Waals surface area contributed by atoms with Crippen molar-refractivity contribution in [1.82, 2.24) is 14.8 Å². The average Bonchev–Trinajstić information content (AvgIpc) is 2.94. The van der Waals surface area contributed by atoms with Gasteiger partial charge < -0.3 is 13.9 Å². The van der Waals surface area contributed by atoms with E-state index in [1.165, 1.54) is 5.56 Å². The van der Waals surface area contributed by atoms with E-state index >= 15 is 0 Å². The molecule has 26 heavy (non-hydrogen) atoms. The molecule has 2 aliphatic rings. The third kappa shape index (κ3) is 4.32. The third-order valence-electron chi connectivity index (χ3n) is 5.09. The summed E-state index contributed by atoms with van der Waals surface area (Å²) >= 11 is 0. The van der Waals surface area contributed by atoms with Gasteiger partial charge in [0.2, 0.25) is 0 Å². The van der Waals surface area contributed by atoms with Crippen LogP contribution in [0.1, 0.15) is 17.1 Å². The molecule has 0 bridgehead atoms. The topological polar surface area (TPSA) is 51.0 Å². The van der Waals surface area contributed by atoms with Gasteiger partial charge in [-0.05, 0) is 36.8 Å². The smallest absolute Gasteiger partial charge is 0.118 e. The van der Waals surface area contributed by atoms with E-state index < -0.39 is 0 Å². The van der Waals surface area contributed by atoms with E-state index in [1.54, 1.807) is 0 Å². The first kappa shape index (κ1) is 17.7. The van der Waals surface area contributed by atoms with Crippen LogP contribution in [-0.2, 0) is 22.6 Å². The minimum atomic E-state index is -0.274. The van der Waals surface area contributed by atoms with Gasteiger partial charge in [0.1, 0.15) is 17.1 Å². The molecule has 6 heteroatoms. The quantitative estimate of drug-likeness (QED) is 0.835. The minimum absolute atomic E-state index is 0.274. The van der Waals surface area contributed by atoms with Gasteiger partial charge in [-0.15, -0.1) is 0 Å². The van der Waals surface area contributed by atoms with E-state index in [1.807, 2.05) is 25.4 Å². The predicted molar refractivity (Wildman–Crippen MR) is 97.7 cm³/mol. The molecule has 140 valence electrons. The van der Waals surface area contributed by atoms with E-state index in [0.717, 1.165) is 64.0 Å². The second kappa shape index (κ2) is 7.88. The summed E-state index contributed by atoms with van der Waals surface area (Å²) in [6.07, 6.45) is 3.70. The van der Waals surface area contributed by atoms with Crippen molar-refractivity contribution in [3.63, 3.8) is 0 Å². The summed E-state index contributed by atoms with van der Waals surface area (Å²) in [5.41, 5.74) is 0.999. The zero-order valence-electron chi connectivity index (χ0n) is 15.4. The van der Waals surface area contributed by atoms with Crippen LogP contribution in [0.3, 0.4) is 0 Å². The van der Waals surface area contributed by atoms with Crippen LogP contribution in [0.2, 0.25) is 0 Å². The summed E-state index contributed by atoms with van der Waals surface area (Å²) in [5, 5.41) is 0. The second-order valence-electron chi connectivity index (χ2n) is 7.37. The summed E-state index contributed by atoms with van der Waals surface area (Å²) in [5.74, 6) is 1.98. The van der Waals surface area contributed by atoms with Gasteiger partial charge >= 0.3 is 0 Å². The van der Waals surface area contributed by atoms with Crippen molar-refractivity contribution < 1.29 is 13.9 Å². The standard InChI is InChI=1S/C20H27N3O3/c1-17-2-3-19(26-17)13-23-9-11-25-20(15-23)14-22(8-10-24-16-20)12-18-4-6-21-7-5-18/h2-7H,8-16H2,1H3/t20-/m0/s1. The Morgan fingerprint density at radius 2 is 1.77 bits per heavy atom. The molecule has 0 N–H and O–H groups in total. The fourth-order valence-corrected chi connectivity index (χ4v) is 3.90. The van der Waals surface area contributed by atoms with Gasteiger partial charge in [0.05, 0.1) is 26.4 Å². The molecule has 2 aromatic rings. The Morgan fingerprint density at radius 3 is 2.54 bits per heavy atom. The van der Waals surface area contributed by atoms with Gasteiger partial charge in [-0.3, -0.25) is 14.8 Å². The molecule has 0 unspecified atom stereocenters. The Kier molecular flexibility index (Phi) is 5.36. The maximum atomic E-state index is 6.28. The Labute approximate surface area is 154 Å². The lowest BCUT2D eigenvalue weighted by Gasteiger charge is -2.43. The molecular formula is C20H27N3O3. The summed E-state index contributed by atoms with van der Waals surface area (Å²) in [6, 6.07) is 8.24. The highest BCUT2D eigenvalue weighted by atomic mass is 16.5. The highest BCUT2D eigenvalue weighted by molar-refractivity contribution is 5.10. The number of nitrogens with zero attached hydrogens (tertiary/aromatic N) is 3. The second-order valence-corrected chi connectivity index (χ2v) is 7.37. The van der Waals surface area contributed by atoms with E-state index in [4.69, 9.17) is 13.9 Å². The Morgan fingerprint density at radius 1 is 1.00 bits per heavy atom. The Balaban J connectivity index is 1.43. The molecule has 2 aliphatic heterocycles. The van der Waals surface area contributed by atoms with Gasteiger partial charge in [0.25, 0.3) is 0 Å². The Hall–Kier alpha value is -1.73. The summed E-state index contributed by atoms with van der Waals surface area (Å²) in [6.45, 7) is 9.41. The van der Waals surface area contributed by atoms with Gasteiger partial charge in [-0.1, -0.05) is 0 Å². The van der Waals surface area contributed by atoms with Crippen LogP contribution in [0, 0.1) is 6.92 Å². The predicted octanol–water partition coefficient (Wildman–Crippen LogP) is 2.09. The number of aryl methyl sites for hydroxylation is 1. The Bertz CT molecular complexity index is 705. The van der Waals surface area contributed by atoms with Gasteiger partial charge in [-0.25, -0.2) is 0 Å². The van der Waals surface area contributed by atoms with Crippen molar-refractivity contribution in [3.8, 4) is 0 Å². The number of hydrogen-bond acceptors (Lipinski definition) is 6. The minimum Gasteiger partial charge on any atom is -0.465 e. The molecule has 2 aromatic heterocycles. The zero-order valence-corrected chi connectivity index (χ0v) is 15.4. The summed E-state index contributed by atoms with van der Waals surface area (Å²) in [7, 11) is 0. The molecule has 1 atom stereocenters. The molecule has 2 fully saturated rings. The van der Waals surface area contributed by atoms with Gasteiger partial charge in [0, 0.05) is 45.1 Å². The molecule has 1 spiro atoms. The number of ether oxygens (including phenoxy) is 2. The fraction of sp³-hybridized carbons (Fsp3) is 0.550. The van der Waals surface area contributed by atoms with Crippen LogP contribution in [-0.4, -0.2) is 66.4 Å². The average molecular weight is 357 g/mol. The highest BCUT2D eigenvalue weighted by Gasteiger charge is 2.40. The highest BCUT2D eigenvalue weighted by Crippen LogP contribution is 2.25. The molecule has 0 amide bonds. The lowest BCUT2D eigenvalue weighted by Crippen LogP contribution is -2.58. The summed E-state index contributed by atoms with van der Waals surface area (Å²) < 4.78 is 18.0. The van der Waals surface area contributed by atoms with Crippen LogP contribution in [0.5, 0.6) is 0 Å². The maximum Gasteiger partial charge on any atom is 0.118 e. The van der Waals surface area contributed by atoms with Crippen molar-refractivity contribution in [2.45, 2.75) is 25.6 Å². The molecule has 0 aliphatic carbocycles. The van der Waals surface area contributed by atoms with Crippen molar-refractivity contribution in [1.29, 1.82) is 0 Å². The van der Waals surface area contributed by atoms with E-state index in [2.05, 4.69) is 33.0 Å². The molecule has 2 saturated heterocycles. The lowest BCUT2D eigenvalue weighted by atomic mass is 10.0. The number of pyridine rings is 1. The fourth-order valence-electron chi connectivity index (χ4n) is 3.90. The number of hydrogen-bond donors (Lipinski definition) is 0. The first-order valence-electron chi connectivity index (χ1n) is 9.31. The maximum absolute atomic E-state index is 6.28. The SMILES string of the molecule is Cc1ccc(CN2CCO[C@]3(COCCN(Cc4ccncc4)C3)C2)o1. The van der Waals surface area contributed by atoms with Crippen LogP contribution in [0.25, 0.3) is 0 Å². The number of rotatable bonds is 4. The molecule has 4 heterocycles. The summed E-state index contributed by atoms with van der Waals surface area (Å²) in [4.78, 5) is 8.96. The van der Waals surface area contributed by atoms with Crippen LogP contribution < -0.4 is 0 Å². The molecule has 6 nitrogen and oxygen atoms in total. The number of aromatic nitrogens is 1. The number of furan rings is 1. The van der Waals surface area contributed by atoms with Crippen LogP contribution >= 0.6 is 0 Å². The van der Waals surface area contributed by atoms with E-state index in [9.17, 15) is 0 Å².